The lowest BCUT2D eigenvalue weighted by molar-refractivity contribution is -0.122. The molecule has 0 spiro atoms. The minimum atomic E-state index is -3.90. The Morgan fingerprint density at radius 2 is 2.05 bits per heavy atom. The van der Waals surface area contributed by atoms with Gasteiger partial charge in [-0.3, -0.25) is 9.59 Å². The number of aromatic nitrogens is 1. The van der Waals surface area contributed by atoms with E-state index in [2.05, 4.69) is 10.0 Å². The van der Waals surface area contributed by atoms with E-state index in [4.69, 9.17) is 5.73 Å². The van der Waals surface area contributed by atoms with Gasteiger partial charge in [0.25, 0.3) is 5.91 Å². The molecule has 0 saturated heterocycles. The van der Waals surface area contributed by atoms with E-state index in [0.29, 0.717) is 6.54 Å². The second kappa shape index (κ2) is 6.72. The molecule has 21 heavy (non-hydrogen) atoms. The molecule has 4 N–H and O–H groups in total. The van der Waals surface area contributed by atoms with E-state index < -0.39 is 27.9 Å². The number of amides is 2. The van der Waals surface area contributed by atoms with Gasteiger partial charge in [-0.15, -0.1) is 0 Å². The number of sulfonamides is 1. The van der Waals surface area contributed by atoms with Crippen molar-refractivity contribution in [3.63, 3.8) is 0 Å². The summed E-state index contributed by atoms with van der Waals surface area (Å²) in [5.74, 6) is -1.14. The van der Waals surface area contributed by atoms with Crippen LogP contribution in [0.5, 0.6) is 0 Å². The van der Waals surface area contributed by atoms with Gasteiger partial charge in [0.2, 0.25) is 15.9 Å². The van der Waals surface area contributed by atoms with Crippen LogP contribution in [0.3, 0.4) is 0 Å². The first-order chi connectivity index (χ1) is 9.69. The topological polar surface area (TPSA) is 123 Å². The van der Waals surface area contributed by atoms with Crippen LogP contribution in [-0.2, 0) is 21.9 Å². The molecule has 1 unspecified atom stereocenters. The monoisotopic (exact) mass is 316 g/mol. The average Bonchev–Trinajstić information content (AvgIpc) is 2.78. The zero-order chi connectivity index (χ0) is 16.2. The Morgan fingerprint density at radius 1 is 1.43 bits per heavy atom. The lowest BCUT2D eigenvalue weighted by Crippen LogP contribution is -2.44. The minimum Gasteiger partial charge on any atom is -0.364 e. The van der Waals surface area contributed by atoms with Crippen molar-refractivity contribution >= 4 is 21.8 Å². The van der Waals surface area contributed by atoms with E-state index in [1.807, 2.05) is 6.92 Å². The van der Waals surface area contributed by atoms with Crippen molar-refractivity contribution in [1.29, 1.82) is 0 Å². The molecular formula is C12H20N4O4S. The Kier molecular flexibility index (Phi) is 5.50. The molecule has 2 amide bonds. The molecule has 0 aliphatic heterocycles. The number of hydrogen-bond acceptors (Lipinski definition) is 4. The molecular weight excluding hydrogens is 296 g/mol. The first-order valence-corrected chi connectivity index (χ1v) is 7.93. The maximum atomic E-state index is 12.2. The van der Waals surface area contributed by atoms with Gasteiger partial charge in [0.1, 0.15) is 10.6 Å². The van der Waals surface area contributed by atoms with Crippen molar-refractivity contribution in [3.05, 3.63) is 18.0 Å². The summed E-state index contributed by atoms with van der Waals surface area (Å²) >= 11 is 0. The van der Waals surface area contributed by atoms with Gasteiger partial charge >= 0.3 is 0 Å². The third kappa shape index (κ3) is 4.30. The quantitative estimate of drug-likeness (QED) is 0.616. The van der Waals surface area contributed by atoms with Crippen molar-refractivity contribution in [2.45, 2.75) is 31.2 Å². The van der Waals surface area contributed by atoms with Crippen molar-refractivity contribution in [2.24, 2.45) is 12.8 Å². The Labute approximate surface area is 123 Å². The predicted molar refractivity (Wildman–Crippen MR) is 77.0 cm³/mol. The van der Waals surface area contributed by atoms with Crippen LogP contribution in [0.4, 0.5) is 0 Å². The molecule has 0 fully saturated rings. The van der Waals surface area contributed by atoms with Crippen molar-refractivity contribution < 1.29 is 18.0 Å². The maximum Gasteiger partial charge on any atom is 0.265 e. The van der Waals surface area contributed by atoms with Crippen molar-refractivity contribution in [2.75, 3.05) is 6.54 Å². The molecule has 1 aromatic heterocycles. The van der Waals surface area contributed by atoms with Crippen LogP contribution in [0.15, 0.2) is 17.2 Å². The Hall–Kier alpha value is -1.87. The number of hydrogen-bond donors (Lipinski definition) is 3. The fourth-order valence-corrected chi connectivity index (χ4v) is 2.95. The second-order valence-electron chi connectivity index (χ2n) is 4.67. The van der Waals surface area contributed by atoms with E-state index in [9.17, 15) is 18.0 Å². The first kappa shape index (κ1) is 17.2. The molecule has 0 aliphatic carbocycles. The molecule has 0 aliphatic rings. The molecule has 0 bridgehead atoms. The van der Waals surface area contributed by atoms with Gasteiger partial charge in [0.15, 0.2) is 0 Å². The fraction of sp³-hybridized carbons (Fsp3) is 0.500. The van der Waals surface area contributed by atoms with Crippen LogP contribution in [0, 0.1) is 0 Å². The fourth-order valence-electron chi connectivity index (χ4n) is 1.68. The molecule has 118 valence electrons. The zero-order valence-electron chi connectivity index (χ0n) is 12.2. The van der Waals surface area contributed by atoms with Gasteiger partial charge in [0.05, 0.1) is 6.04 Å². The summed E-state index contributed by atoms with van der Waals surface area (Å²) in [6.07, 6.45) is 2.02. The number of primary amides is 1. The molecule has 9 heteroatoms. The first-order valence-electron chi connectivity index (χ1n) is 6.45. The van der Waals surface area contributed by atoms with Crippen LogP contribution in [0.2, 0.25) is 0 Å². The van der Waals surface area contributed by atoms with Gasteiger partial charge in [-0.2, -0.15) is 4.72 Å². The standard InChI is InChI=1S/C12H20N4O4S/c1-4-5-14-12(18)8(2)15-21(19,20)9-6-10(11(13)17)16(3)7-9/h6-8,15H,4-5H2,1-3H3,(H2,13,17)(H,14,18). The third-order valence-corrected chi connectivity index (χ3v) is 4.32. The molecule has 1 aromatic rings. The SMILES string of the molecule is CCCNC(=O)C(C)NS(=O)(=O)c1cc(C(N)=O)n(C)c1. The van der Waals surface area contributed by atoms with E-state index >= 15 is 0 Å². The molecule has 1 rings (SSSR count). The summed E-state index contributed by atoms with van der Waals surface area (Å²) in [6.45, 7) is 3.81. The maximum absolute atomic E-state index is 12.2. The normalized spacial score (nSPS) is 12.9. The van der Waals surface area contributed by atoms with Crippen LogP contribution >= 0.6 is 0 Å². The molecule has 0 radical (unpaired) electrons. The number of rotatable bonds is 7. The molecule has 0 aromatic carbocycles. The van der Waals surface area contributed by atoms with Crippen LogP contribution in [0.25, 0.3) is 0 Å². The Bertz CT molecular complexity index is 636. The highest BCUT2D eigenvalue weighted by Crippen LogP contribution is 2.13. The highest BCUT2D eigenvalue weighted by Gasteiger charge is 2.24. The second-order valence-corrected chi connectivity index (χ2v) is 6.38. The lowest BCUT2D eigenvalue weighted by atomic mass is 10.3. The summed E-state index contributed by atoms with van der Waals surface area (Å²) < 4.78 is 27.9. The number of aryl methyl sites for hydroxylation is 1. The number of nitrogens with zero attached hydrogens (tertiary/aromatic N) is 1. The van der Waals surface area contributed by atoms with Gasteiger partial charge < -0.3 is 15.6 Å². The van der Waals surface area contributed by atoms with Crippen molar-refractivity contribution in [1.82, 2.24) is 14.6 Å². The molecule has 8 nitrogen and oxygen atoms in total. The van der Waals surface area contributed by atoms with E-state index in [0.717, 1.165) is 6.42 Å². The average molecular weight is 316 g/mol. The summed E-state index contributed by atoms with van der Waals surface area (Å²) in [7, 11) is -2.39. The summed E-state index contributed by atoms with van der Waals surface area (Å²) in [5.41, 5.74) is 5.20. The smallest absolute Gasteiger partial charge is 0.265 e. The van der Waals surface area contributed by atoms with Crippen molar-refractivity contribution in [3.8, 4) is 0 Å². The zero-order valence-corrected chi connectivity index (χ0v) is 13.0. The Morgan fingerprint density at radius 3 is 2.52 bits per heavy atom. The van der Waals surface area contributed by atoms with Crippen LogP contribution in [-0.4, -0.2) is 37.4 Å². The largest absolute Gasteiger partial charge is 0.364 e. The van der Waals surface area contributed by atoms with E-state index in [1.165, 1.54) is 30.8 Å². The number of nitrogens with one attached hydrogen (secondary N) is 2. The van der Waals surface area contributed by atoms with E-state index in [-0.39, 0.29) is 10.6 Å². The lowest BCUT2D eigenvalue weighted by Gasteiger charge is -2.13. The predicted octanol–water partition coefficient (Wildman–Crippen LogP) is -0.683. The minimum absolute atomic E-state index is 0.0680. The summed E-state index contributed by atoms with van der Waals surface area (Å²) in [4.78, 5) is 22.7. The van der Waals surface area contributed by atoms with Gasteiger partial charge in [-0.05, 0) is 19.4 Å². The molecule has 1 atom stereocenters. The summed E-state index contributed by atoms with van der Waals surface area (Å²) in [6, 6.07) is 0.250. The third-order valence-electron chi connectivity index (χ3n) is 2.82. The highest BCUT2D eigenvalue weighted by molar-refractivity contribution is 7.89. The van der Waals surface area contributed by atoms with Crippen LogP contribution in [0.1, 0.15) is 30.8 Å². The number of carbonyl (C=O) groups excluding carboxylic acids is 2. The van der Waals surface area contributed by atoms with E-state index in [1.54, 1.807) is 0 Å². The highest BCUT2D eigenvalue weighted by atomic mass is 32.2. The van der Waals surface area contributed by atoms with Crippen LogP contribution < -0.4 is 15.8 Å². The van der Waals surface area contributed by atoms with Gasteiger partial charge in [-0.25, -0.2) is 8.42 Å². The number of carbonyl (C=O) groups is 2. The number of nitrogens with two attached hydrogens (primary N) is 1. The molecule has 1 heterocycles. The van der Waals surface area contributed by atoms with Gasteiger partial charge in [-0.1, -0.05) is 6.92 Å². The van der Waals surface area contributed by atoms with Gasteiger partial charge in [0, 0.05) is 19.8 Å². The molecule has 0 saturated carbocycles. The Balaban J connectivity index is 2.89. The summed E-state index contributed by atoms with van der Waals surface area (Å²) in [5, 5.41) is 2.60.